The van der Waals surface area contributed by atoms with Crippen molar-refractivity contribution in [3.05, 3.63) is 70.1 Å². The molecule has 0 unspecified atom stereocenters. The van der Waals surface area contributed by atoms with Gasteiger partial charge in [0, 0.05) is 31.5 Å². The number of rotatable bonds is 20. The normalized spacial score (nSPS) is 18.5. The molecular formula is C34H49N3O7. The first-order valence-electron chi connectivity index (χ1n) is 15.7. The van der Waals surface area contributed by atoms with Gasteiger partial charge < -0.3 is 28.8 Å². The molecule has 10 nitrogen and oxygen atoms in total. The molecule has 10 heteroatoms. The third kappa shape index (κ3) is 10.7. The van der Waals surface area contributed by atoms with Crippen LogP contribution < -0.4 is 9.47 Å². The molecule has 1 heterocycles. The van der Waals surface area contributed by atoms with Crippen molar-refractivity contribution in [1.82, 2.24) is 0 Å². The predicted molar refractivity (Wildman–Crippen MR) is 168 cm³/mol. The third-order valence-corrected chi connectivity index (χ3v) is 8.13. The van der Waals surface area contributed by atoms with E-state index in [0.29, 0.717) is 75.8 Å². The third-order valence-electron chi connectivity index (χ3n) is 8.13. The fourth-order valence-electron chi connectivity index (χ4n) is 5.48. The summed E-state index contributed by atoms with van der Waals surface area (Å²) in [6.07, 6.45) is 0.911. The van der Waals surface area contributed by atoms with Crippen molar-refractivity contribution in [2.45, 2.75) is 78.2 Å². The number of esters is 1. The minimum Gasteiger partial charge on any atom is -0.490 e. The Morgan fingerprint density at radius 3 is 2.34 bits per heavy atom. The van der Waals surface area contributed by atoms with Gasteiger partial charge in [-0.2, -0.15) is 0 Å². The van der Waals surface area contributed by atoms with Crippen LogP contribution in [0, 0.1) is 23.7 Å². The number of methoxy groups -OCH3 is 1. The first kappa shape index (κ1) is 35.2. The molecule has 0 amide bonds. The first-order valence-corrected chi connectivity index (χ1v) is 15.7. The zero-order chi connectivity index (χ0) is 31.9. The second-order valence-corrected chi connectivity index (χ2v) is 12.1. The standard InChI is InChI=1S/C34H49N3O7/c1-23(2)27(20-29(36-37-35)31-21-28(24(3)4)34(39)44-31)33(38)26-13-14-30(32(19-26)43-17-9-15-40-5)42-18-10-16-41-22-25-11-7-6-8-12-25/h6-8,11-14,19,23-24,27-29,31,33,38H,9-10,15-18,20-22H2,1-5H3/t27-,28-,29-,31-,33-/m0/s1. The molecular weight excluding hydrogens is 562 g/mol. The number of hydrogen-bond donors (Lipinski definition) is 1. The molecule has 0 radical (unpaired) electrons. The van der Waals surface area contributed by atoms with E-state index in [9.17, 15) is 15.4 Å². The van der Waals surface area contributed by atoms with Gasteiger partial charge >= 0.3 is 5.97 Å². The molecule has 0 spiro atoms. The highest BCUT2D eigenvalue weighted by molar-refractivity contribution is 5.75. The van der Waals surface area contributed by atoms with Crippen LogP contribution in [0.2, 0.25) is 0 Å². The smallest absolute Gasteiger partial charge is 0.309 e. The van der Waals surface area contributed by atoms with E-state index in [0.717, 1.165) is 5.56 Å². The summed E-state index contributed by atoms with van der Waals surface area (Å²) in [4.78, 5) is 15.5. The second kappa shape index (κ2) is 18.5. The lowest BCUT2D eigenvalue weighted by Crippen LogP contribution is -2.31. The fraction of sp³-hybridized carbons (Fsp3) is 0.618. The lowest BCUT2D eigenvalue weighted by molar-refractivity contribution is -0.146. The monoisotopic (exact) mass is 611 g/mol. The van der Waals surface area contributed by atoms with E-state index < -0.39 is 18.2 Å². The molecule has 1 fully saturated rings. The van der Waals surface area contributed by atoms with Crippen LogP contribution in [0.5, 0.6) is 11.5 Å². The molecule has 3 rings (SSSR count). The van der Waals surface area contributed by atoms with Gasteiger partial charge in [0.25, 0.3) is 0 Å². The van der Waals surface area contributed by atoms with Crippen LogP contribution >= 0.6 is 0 Å². The zero-order valence-electron chi connectivity index (χ0n) is 26.8. The molecule has 0 aliphatic carbocycles. The average Bonchev–Trinajstić information content (AvgIpc) is 3.41. The molecule has 1 aliphatic rings. The number of aliphatic hydroxyl groups excluding tert-OH is 1. The SMILES string of the molecule is COCCCOc1cc([C@H](O)[C@@H](C[C@H](N=[N+]=[N-])[C@@H]2C[C@@H](C(C)C)C(=O)O2)C(C)C)ccc1OCCCOCc1ccccc1. The summed E-state index contributed by atoms with van der Waals surface area (Å²) < 4.78 is 28.7. The molecule has 1 saturated heterocycles. The Labute approximate surface area is 261 Å². The van der Waals surface area contributed by atoms with Crippen molar-refractivity contribution in [3.8, 4) is 11.5 Å². The van der Waals surface area contributed by atoms with Crippen LogP contribution in [0.25, 0.3) is 10.4 Å². The van der Waals surface area contributed by atoms with Crippen molar-refractivity contribution in [2.24, 2.45) is 28.8 Å². The van der Waals surface area contributed by atoms with Gasteiger partial charge in [0.2, 0.25) is 0 Å². The van der Waals surface area contributed by atoms with Gasteiger partial charge in [0.15, 0.2) is 11.5 Å². The summed E-state index contributed by atoms with van der Waals surface area (Å²) in [6.45, 7) is 10.6. The summed E-state index contributed by atoms with van der Waals surface area (Å²) in [7, 11) is 1.65. The first-order chi connectivity index (χ1) is 21.2. The maximum absolute atomic E-state index is 12.4. The Morgan fingerprint density at radius 1 is 1.00 bits per heavy atom. The minimum atomic E-state index is -0.869. The number of ether oxygens (including phenoxy) is 5. The number of azide groups is 1. The molecule has 242 valence electrons. The lowest BCUT2D eigenvalue weighted by atomic mass is 9.80. The van der Waals surface area contributed by atoms with Crippen molar-refractivity contribution in [3.63, 3.8) is 0 Å². The molecule has 0 aromatic heterocycles. The minimum absolute atomic E-state index is 0.0530. The molecule has 0 bridgehead atoms. The van der Waals surface area contributed by atoms with Gasteiger partial charge in [-0.3, -0.25) is 4.79 Å². The highest BCUT2D eigenvalue weighted by Gasteiger charge is 2.41. The Kier molecular flexibility index (Phi) is 14.8. The van der Waals surface area contributed by atoms with Gasteiger partial charge in [-0.05, 0) is 59.4 Å². The van der Waals surface area contributed by atoms with E-state index in [1.54, 1.807) is 7.11 Å². The Morgan fingerprint density at radius 2 is 1.70 bits per heavy atom. The lowest BCUT2D eigenvalue weighted by Gasteiger charge is -2.31. The Bertz CT molecular complexity index is 1190. The second-order valence-electron chi connectivity index (χ2n) is 12.1. The number of carbonyl (C=O) groups excluding carboxylic acids is 1. The molecule has 2 aromatic carbocycles. The summed E-state index contributed by atoms with van der Waals surface area (Å²) in [6, 6.07) is 14.9. The van der Waals surface area contributed by atoms with E-state index in [-0.39, 0.29) is 29.6 Å². The van der Waals surface area contributed by atoms with E-state index in [4.69, 9.17) is 23.7 Å². The van der Waals surface area contributed by atoms with E-state index in [1.807, 2.05) is 76.2 Å². The Balaban J connectivity index is 1.68. The number of nitrogens with zero attached hydrogens (tertiary/aromatic N) is 3. The van der Waals surface area contributed by atoms with Crippen LogP contribution in [-0.2, 0) is 25.6 Å². The van der Waals surface area contributed by atoms with Crippen LogP contribution in [0.4, 0.5) is 0 Å². The van der Waals surface area contributed by atoms with Crippen LogP contribution in [0.1, 0.15) is 70.6 Å². The molecule has 1 aliphatic heterocycles. The van der Waals surface area contributed by atoms with Crippen LogP contribution in [-0.4, -0.2) is 56.8 Å². The van der Waals surface area contributed by atoms with Crippen molar-refractivity contribution in [2.75, 3.05) is 33.5 Å². The summed E-state index contributed by atoms with van der Waals surface area (Å²) in [5, 5.41) is 15.6. The number of aliphatic hydroxyl groups is 1. The van der Waals surface area contributed by atoms with Gasteiger partial charge in [-0.1, -0.05) is 69.2 Å². The molecule has 44 heavy (non-hydrogen) atoms. The van der Waals surface area contributed by atoms with Crippen molar-refractivity contribution >= 4 is 5.97 Å². The van der Waals surface area contributed by atoms with Gasteiger partial charge in [0.05, 0.1) is 44.5 Å². The zero-order valence-corrected chi connectivity index (χ0v) is 26.8. The molecule has 2 aromatic rings. The van der Waals surface area contributed by atoms with Crippen LogP contribution in [0.3, 0.4) is 0 Å². The number of benzene rings is 2. The average molecular weight is 612 g/mol. The number of carbonyl (C=O) groups is 1. The predicted octanol–water partition coefficient (Wildman–Crippen LogP) is 7.05. The molecule has 1 N–H and O–H groups in total. The van der Waals surface area contributed by atoms with Gasteiger partial charge in [-0.25, -0.2) is 0 Å². The van der Waals surface area contributed by atoms with Gasteiger partial charge in [0.1, 0.15) is 6.10 Å². The van der Waals surface area contributed by atoms with Crippen molar-refractivity contribution in [1.29, 1.82) is 0 Å². The highest BCUT2D eigenvalue weighted by Crippen LogP contribution is 2.39. The van der Waals surface area contributed by atoms with E-state index in [1.165, 1.54) is 0 Å². The quantitative estimate of drug-likeness (QED) is 0.0558. The number of cyclic esters (lactones) is 1. The molecule has 0 saturated carbocycles. The maximum Gasteiger partial charge on any atom is 0.309 e. The topological polar surface area (TPSA) is 132 Å². The van der Waals surface area contributed by atoms with Crippen LogP contribution in [0.15, 0.2) is 53.6 Å². The number of hydrogen-bond acceptors (Lipinski definition) is 8. The van der Waals surface area contributed by atoms with E-state index >= 15 is 0 Å². The summed E-state index contributed by atoms with van der Waals surface area (Å²) in [5.41, 5.74) is 11.1. The summed E-state index contributed by atoms with van der Waals surface area (Å²) in [5.74, 6) is 0.580. The fourth-order valence-corrected chi connectivity index (χ4v) is 5.48. The van der Waals surface area contributed by atoms with E-state index in [2.05, 4.69) is 10.0 Å². The molecule has 5 atom stereocenters. The highest BCUT2D eigenvalue weighted by atomic mass is 16.6. The maximum atomic E-state index is 12.4. The Hall–Kier alpha value is -3.30. The largest absolute Gasteiger partial charge is 0.490 e. The van der Waals surface area contributed by atoms with Crippen molar-refractivity contribution < 1.29 is 33.6 Å². The summed E-state index contributed by atoms with van der Waals surface area (Å²) >= 11 is 0. The van der Waals surface area contributed by atoms with Gasteiger partial charge in [-0.15, -0.1) is 0 Å².